The van der Waals surface area contributed by atoms with E-state index in [4.69, 9.17) is 5.73 Å². The molecule has 110 valence electrons. The topological polar surface area (TPSA) is 46.3 Å². The summed E-state index contributed by atoms with van der Waals surface area (Å²) in [6.07, 6.45) is 4.30. The summed E-state index contributed by atoms with van der Waals surface area (Å²) in [6, 6.07) is 10.3. The van der Waals surface area contributed by atoms with E-state index in [0.717, 1.165) is 38.8 Å². The molecule has 0 aliphatic carbocycles. The summed E-state index contributed by atoms with van der Waals surface area (Å²) in [5.41, 5.74) is 5.60. The molecule has 0 saturated carbocycles. The first-order valence-electron chi connectivity index (χ1n) is 7.45. The van der Waals surface area contributed by atoms with Crippen LogP contribution in [-0.4, -0.2) is 35.2 Å². The van der Waals surface area contributed by atoms with Gasteiger partial charge in [0.25, 0.3) is 0 Å². The Morgan fingerprint density at radius 3 is 2.80 bits per heavy atom. The number of unbranched alkanes of at least 4 members (excludes halogenated alkanes) is 1. The van der Waals surface area contributed by atoms with E-state index in [1.165, 1.54) is 4.90 Å². The fourth-order valence-electron chi connectivity index (χ4n) is 2.71. The minimum absolute atomic E-state index is 0.0866. The molecule has 1 aromatic rings. The highest BCUT2D eigenvalue weighted by molar-refractivity contribution is 8.00. The second kappa shape index (κ2) is 7.70. The quantitative estimate of drug-likeness (QED) is 0.877. The molecule has 1 fully saturated rings. The van der Waals surface area contributed by atoms with E-state index in [2.05, 4.69) is 36.1 Å². The third kappa shape index (κ3) is 4.25. The van der Waals surface area contributed by atoms with Crippen molar-refractivity contribution in [1.29, 1.82) is 0 Å². The van der Waals surface area contributed by atoms with Crippen LogP contribution in [0.5, 0.6) is 0 Å². The van der Waals surface area contributed by atoms with Crippen molar-refractivity contribution >= 4 is 17.7 Å². The average molecular weight is 292 g/mol. The maximum atomic E-state index is 11.7. The summed E-state index contributed by atoms with van der Waals surface area (Å²) in [7, 11) is 0. The number of thioether (sulfide) groups is 1. The molecule has 0 bridgehead atoms. The number of hydrogen-bond donors (Lipinski definition) is 1. The maximum Gasteiger partial charge on any atom is 0.234 e. The Morgan fingerprint density at radius 2 is 2.15 bits per heavy atom. The molecule has 0 spiro atoms. The fraction of sp³-hybridized carbons (Fsp3) is 0.562. The van der Waals surface area contributed by atoms with Gasteiger partial charge >= 0.3 is 0 Å². The molecule has 2 atom stereocenters. The van der Waals surface area contributed by atoms with Gasteiger partial charge in [-0.1, -0.05) is 31.5 Å². The molecule has 1 amide bonds. The number of nitrogens with zero attached hydrogens (tertiary/aromatic N) is 1. The predicted molar refractivity (Wildman–Crippen MR) is 84.8 cm³/mol. The van der Waals surface area contributed by atoms with Crippen LogP contribution in [0.25, 0.3) is 0 Å². The lowest BCUT2D eigenvalue weighted by Gasteiger charge is -2.37. The van der Waals surface area contributed by atoms with Gasteiger partial charge in [0.1, 0.15) is 0 Å². The Kier molecular flexibility index (Phi) is 5.92. The van der Waals surface area contributed by atoms with Gasteiger partial charge in [0.2, 0.25) is 5.91 Å². The van der Waals surface area contributed by atoms with E-state index in [0.29, 0.717) is 5.25 Å². The van der Waals surface area contributed by atoms with Gasteiger partial charge in [0, 0.05) is 10.1 Å². The minimum Gasteiger partial charge on any atom is -0.368 e. The van der Waals surface area contributed by atoms with E-state index in [1.54, 1.807) is 0 Å². The second-order valence-electron chi connectivity index (χ2n) is 5.38. The SMILES string of the molecule is CCCCN1CC[C@@H](Sc2ccccc2)C[C@H]1C(N)=O. The summed E-state index contributed by atoms with van der Waals surface area (Å²) in [6.45, 7) is 4.15. The van der Waals surface area contributed by atoms with Gasteiger partial charge in [-0.15, -0.1) is 11.8 Å². The smallest absolute Gasteiger partial charge is 0.234 e. The third-order valence-electron chi connectivity index (χ3n) is 3.84. The molecule has 20 heavy (non-hydrogen) atoms. The first kappa shape index (κ1) is 15.4. The number of benzene rings is 1. The second-order valence-corrected chi connectivity index (χ2v) is 6.76. The molecular formula is C16H24N2OS. The van der Waals surface area contributed by atoms with Crippen LogP contribution in [0.3, 0.4) is 0 Å². The Balaban J connectivity index is 1.94. The maximum absolute atomic E-state index is 11.7. The predicted octanol–water partition coefficient (Wildman–Crippen LogP) is 2.90. The molecule has 1 aromatic carbocycles. The first-order chi connectivity index (χ1) is 9.70. The van der Waals surface area contributed by atoms with Crippen molar-refractivity contribution in [3.05, 3.63) is 30.3 Å². The van der Waals surface area contributed by atoms with E-state index in [9.17, 15) is 4.79 Å². The highest BCUT2D eigenvalue weighted by Gasteiger charge is 2.32. The molecule has 1 heterocycles. The number of carbonyl (C=O) groups is 1. The van der Waals surface area contributed by atoms with Gasteiger partial charge in [-0.3, -0.25) is 9.69 Å². The fourth-order valence-corrected chi connectivity index (χ4v) is 3.91. The Labute approximate surface area is 125 Å². The van der Waals surface area contributed by atoms with Crippen LogP contribution in [0.15, 0.2) is 35.2 Å². The standard InChI is InChI=1S/C16H24N2OS/c1-2-3-10-18-11-9-14(12-15(18)16(17)19)20-13-7-5-4-6-8-13/h4-8,14-15H,2-3,9-12H2,1H3,(H2,17,19)/t14-,15+/m1/s1. The Morgan fingerprint density at radius 1 is 1.40 bits per heavy atom. The van der Waals surface area contributed by atoms with Crippen LogP contribution in [0.1, 0.15) is 32.6 Å². The van der Waals surface area contributed by atoms with Gasteiger partial charge in [0.15, 0.2) is 0 Å². The van der Waals surface area contributed by atoms with E-state index in [1.807, 2.05) is 17.8 Å². The van der Waals surface area contributed by atoms with Crippen molar-refractivity contribution < 1.29 is 4.79 Å². The van der Waals surface area contributed by atoms with Crippen LogP contribution in [-0.2, 0) is 4.79 Å². The van der Waals surface area contributed by atoms with Gasteiger partial charge in [-0.2, -0.15) is 0 Å². The molecule has 0 radical (unpaired) electrons. The van der Waals surface area contributed by atoms with Crippen LogP contribution in [0.2, 0.25) is 0 Å². The zero-order valence-corrected chi connectivity index (χ0v) is 12.9. The van der Waals surface area contributed by atoms with Gasteiger partial charge in [-0.25, -0.2) is 0 Å². The number of carbonyl (C=O) groups excluding carboxylic acids is 1. The largest absolute Gasteiger partial charge is 0.368 e. The van der Waals surface area contributed by atoms with Crippen LogP contribution in [0.4, 0.5) is 0 Å². The Hall–Kier alpha value is -1.00. The third-order valence-corrected chi connectivity index (χ3v) is 5.14. The Bertz CT molecular complexity index is 424. The number of nitrogens with two attached hydrogens (primary N) is 1. The van der Waals surface area contributed by atoms with Crippen molar-refractivity contribution in [2.75, 3.05) is 13.1 Å². The molecule has 1 aliphatic rings. The molecule has 4 heteroatoms. The number of likely N-dealkylation sites (tertiary alicyclic amines) is 1. The molecule has 2 N–H and O–H groups in total. The van der Waals surface area contributed by atoms with Crippen molar-refractivity contribution in [3.63, 3.8) is 0 Å². The number of rotatable bonds is 6. The summed E-state index contributed by atoms with van der Waals surface area (Å²) < 4.78 is 0. The van der Waals surface area contributed by atoms with E-state index < -0.39 is 0 Å². The monoisotopic (exact) mass is 292 g/mol. The lowest BCUT2D eigenvalue weighted by Crippen LogP contribution is -2.50. The van der Waals surface area contributed by atoms with Gasteiger partial charge in [0.05, 0.1) is 6.04 Å². The molecular weight excluding hydrogens is 268 g/mol. The zero-order valence-electron chi connectivity index (χ0n) is 12.1. The molecule has 2 rings (SSSR count). The number of primary amides is 1. The summed E-state index contributed by atoms with van der Waals surface area (Å²) in [5, 5.41) is 0.493. The molecule has 1 aliphatic heterocycles. The van der Waals surface area contributed by atoms with Crippen molar-refractivity contribution in [3.8, 4) is 0 Å². The average Bonchev–Trinajstić information content (AvgIpc) is 2.47. The molecule has 1 saturated heterocycles. The highest BCUT2D eigenvalue weighted by atomic mass is 32.2. The first-order valence-corrected chi connectivity index (χ1v) is 8.33. The molecule has 0 aromatic heterocycles. The van der Waals surface area contributed by atoms with Crippen LogP contribution >= 0.6 is 11.8 Å². The van der Waals surface area contributed by atoms with Gasteiger partial charge in [-0.05, 0) is 44.5 Å². The summed E-state index contributed by atoms with van der Waals surface area (Å²) in [4.78, 5) is 15.2. The lowest BCUT2D eigenvalue weighted by molar-refractivity contribution is -0.124. The lowest BCUT2D eigenvalue weighted by atomic mass is 10.0. The van der Waals surface area contributed by atoms with Crippen molar-refractivity contribution in [2.45, 2.75) is 48.8 Å². The summed E-state index contributed by atoms with van der Waals surface area (Å²) in [5.74, 6) is -0.167. The number of amides is 1. The van der Waals surface area contributed by atoms with Crippen LogP contribution < -0.4 is 5.73 Å². The zero-order chi connectivity index (χ0) is 14.4. The molecule has 0 unspecified atom stereocenters. The van der Waals surface area contributed by atoms with Crippen molar-refractivity contribution in [2.24, 2.45) is 5.73 Å². The van der Waals surface area contributed by atoms with Crippen molar-refractivity contribution in [1.82, 2.24) is 4.90 Å². The highest BCUT2D eigenvalue weighted by Crippen LogP contribution is 2.32. The molecule has 3 nitrogen and oxygen atoms in total. The van der Waals surface area contributed by atoms with E-state index in [-0.39, 0.29) is 11.9 Å². The number of hydrogen-bond acceptors (Lipinski definition) is 3. The summed E-state index contributed by atoms with van der Waals surface area (Å²) >= 11 is 1.88. The van der Waals surface area contributed by atoms with Gasteiger partial charge < -0.3 is 5.73 Å². The number of piperidine rings is 1. The van der Waals surface area contributed by atoms with E-state index >= 15 is 0 Å². The minimum atomic E-state index is -0.167. The normalized spacial score (nSPS) is 23.6. The van der Waals surface area contributed by atoms with Crippen LogP contribution in [0, 0.1) is 0 Å².